The normalized spacial score (nSPS) is 14.3. The summed E-state index contributed by atoms with van der Waals surface area (Å²) in [5.41, 5.74) is 0. The molecule has 0 radical (unpaired) electrons. The third-order valence-corrected chi connectivity index (χ3v) is 0.822. The molecule has 2 nitrogen and oxygen atoms in total. The van der Waals surface area contributed by atoms with Crippen LogP contribution in [0.15, 0.2) is 0 Å². The molecule has 0 fully saturated rings. The van der Waals surface area contributed by atoms with Crippen molar-refractivity contribution in [3.05, 3.63) is 0 Å². The molecule has 0 aromatic carbocycles. The molecular weight excluding hydrogens is 92.1 g/mol. The summed E-state index contributed by atoms with van der Waals surface area (Å²) >= 11 is 0. The van der Waals surface area contributed by atoms with Gasteiger partial charge >= 0.3 is 0 Å². The van der Waals surface area contributed by atoms with Gasteiger partial charge in [0.1, 0.15) is 12.4 Å². The highest BCUT2D eigenvalue weighted by Gasteiger charge is 2.04. The molecule has 0 rings (SSSR count). The molecule has 1 atom stereocenters. The topological polar surface area (TPSA) is 37.3 Å². The van der Waals surface area contributed by atoms with Crippen LogP contribution >= 0.6 is 0 Å². The van der Waals surface area contributed by atoms with E-state index in [0.29, 0.717) is 6.29 Å². The van der Waals surface area contributed by atoms with Gasteiger partial charge in [0.15, 0.2) is 0 Å². The van der Waals surface area contributed by atoms with Crippen molar-refractivity contribution >= 4 is 6.29 Å². The lowest BCUT2D eigenvalue weighted by molar-refractivity contribution is -0.116. The molecule has 0 aliphatic carbocycles. The third-order valence-electron chi connectivity index (χ3n) is 0.822. The van der Waals surface area contributed by atoms with Crippen LogP contribution in [0.3, 0.4) is 0 Å². The highest BCUT2D eigenvalue weighted by atomic mass is 16.3. The fourth-order valence-electron chi connectivity index (χ4n) is 0.157. The van der Waals surface area contributed by atoms with E-state index in [0.717, 1.165) is 0 Å². The zero-order valence-corrected chi connectivity index (χ0v) is 4.59. The predicted molar refractivity (Wildman–Crippen MR) is 26.9 cm³/mol. The van der Waals surface area contributed by atoms with E-state index < -0.39 is 6.10 Å². The molecule has 42 valence electrons. The van der Waals surface area contributed by atoms with Crippen LogP contribution < -0.4 is 0 Å². The van der Waals surface area contributed by atoms with Gasteiger partial charge in [0.25, 0.3) is 0 Å². The standard InChI is InChI=1S/C5H10O2/c1-4(2)5(7)3-6/h3-5,7H,1-2H3. The van der Waals surface area contributed by atoms with Crippen LogP contribution in [-0.4, -0.2) is 17.5 Å². The minimum atomic E-state index is -0.778. The van der Waals surface area contributed by atoms with Crippen molar-refractivity contribution in [3.8, 4) is 0 Å². The van der Waals surface area contributed by atoms with E-state index >= 15 is 0 Å². The molecule has 2 heteroatoms. The van der Waals surface area contributed by atoms with Crippen LogP contribution in [0.1, 0.15) is 13.8 Å². The fraction of sp³-hybridized carbons (Fsp3) is 0.800. The Morgan fingerprint density at radius 3 is 2.00 bits per heavy atom. The number of hydrogen-bond acceptors (Lipinski definition) is 2. The smallest absolute Gasteiger partial charge is 0.148 e. The summed E-state index contributed by atoms with van der Waals surface area (Å²) in [6, 6.07) is 0. The van der Waals surface area contributed by atoms with Gasteiger partial charge in [0.05, 0.1) is 0 Å². The van der Waals surface area contributed by atoms with Gasteiger partial charge < -0.3 is 9.90 Å². The second-order valence-corrected chi connectivity index (χ2v) is 1.87. The zero-order chi connectivity index (χ0) is 5.86. The van der Waals surface area contributed by atoms with Crippen molar-refractivity contribution in [1.82, 2.24) is 0 Å². The molecule has 1 unspecified atom stereocenters. The van der Waals surface area contributed by atoms with Gasteiger partial charge in [0.2, 0.25) is 0 Å². The Morgan fingerprint density at radius 1 is 1.57 bits per heavy atom. The number of carbonyl (C=O) groups is 1. The number of rotatable bonds is 2. The Bertz CT molecular complexity index is 59.1. The van der Waals surface area contributed by atoms with Gasteiger partial charge in [-0.15, -0.1) is 0 Å². The van der Waals surface area contributed by atoms with E-state index in [-0.39, 0.29) is 5.92 Å². The summed E-state index contributed by atoms with van der Waals surface area (Å²) in [6.45, 7) is 3.58. The Labute approximate surface area is 43.2 Å². The Kier molecular flexibility index (Phi) is 2.60. The first-order valence-corrected chi connectivity index (χ1v) is 2.32. The minimum absolute atomic E-state index is 0.0532. The van der Waals surface area contributed by atoms with Crippen molar-refractivity contribution in [2.75, 3.05) is 0 Å². The molecule has 0 saturated carbocycles. The summed E-state index contributed by atoms with van der Waals surface area (Å²) < 4.78 is 0. The number of aliphatic hydroxyl groups is 1. The van der Waals surface area contributed by atoms with Gasteiger partial charge in [-0.05, 0) is 5.92 Å². The largest absolute Gasteiger partial charge is 0.385 e. The average molecular weight is 102 g/mol. The molecule has 0 amide bonds. The van der Waals surface area contributed by atoms with Gasteiger partial charge in [-0.2, -0.15) is 0 Å². The third kappa shape index (κ3) is 2.34. The fourth-order valence-corrected chi connectivity index (χ4v) is 0.157. The highest BCUT2D eigenvalue weighted by Crippen LogP contribution is 1.95. The van der Waals surface area contributed by atoms with Crippen molar-refractivity contribution < 1.29 is 9.90 Å². The van der Waals surface area contributed by atoms with Gasteiger partial charge in [-0.1, -0.05) is 13.8 Å². The van der Waals surface area contributed by atoms with E-state index in [4.69, 9.17) is 5.11 Å². The van der Waals surface area contributed by atoms with Crippen LogP contribution in [0.25, 0.3) is 0 Å². The SMILES string of the molecule is CC(C)C(O)C=O. The van der Waals surface area contributed by atoms with Crippen LogP contribution in [0.5, 0.6) is 0 Å². The lowest BCUT2D eigenvalue weighted by atomic mass is 10.1. The highest BCUT2D eigenvalue weighted by molar-refractivity contribution is 5.55. The molecule has 0 aromatic heterocycles. The summed E-state index contributed by atoms with van der Waals surface area (Å²) in [5, 5.41) is 8.57. The first-order chi connectivity index (χ1) is 3.18. The second-order valence-electron chi connectivity index (χ2n) is 1.87. The molecule has 1 N–H and O–H groups in total. The molecule has 0 heterocycles. The molecule has 0 spiro atoms. The lowest BCUT2D eigenvalue weighted by Gasteiger charge is -2.03. The molecule has 0 aliphatic heterocycles. The van der Waals surface area contributed by atoms with Crippen molar-refractivity contribution in [3.63, 3.8) is 0 Å². The molecule has 0 aromatic rings. The first kappa shape index (κ1) is 6.63. The Morgan fingerprint density at radius 2 is 2.00 bits per heavy atom. The molecular formula is C5H10O2. The summed E-state index contributed by atoms with van der Waals surface area (Å²) in [4.78, 5) is 9.70. The quantitative estimate of drug-likeness (QED) is 0.506. The van der Waals surface area contributed by atoms with Crippen LogP contribution in [-0.2, 0) is 4.79 Å². The van der Waals surface area contributed by atoms with Gasteiger partial charge in [-0.25, -0.2) is 0 Å². The Balaban J connectivity index is 3.33. The number of aliphatic hydroxyl groups excluding tert-OH is 1. The summed E-state index contributed by atoms with van der Waals surface area (Å²) in [7, 11) is 0. The molecule has 0 saturated heterocycles. The van der Waals surface area contributed by atoms with Crippen LogP contribution in [0, 0.1) is 5.92 Å². The van der Waals surface area contributed by atoms with E-state index in [1.165, 1.54) is 0 Å². The van der Waals surface area contributed by atoms with Gasteiger partial charge in [-0.3, -0.25) is 0 Å². The summed E-state index contributed by atoms with van der Waals surface area (Å²) in [5.74, 6) is 0.0532. The summed E-state index contributed by atoms with van der Waals surface area (Å²) in [6.07, 6.45) is -0.231. The van der Waals surface area contributed by atoms with Gasteiger partial charge in [0, 0.05) is 0 Å². The van der Waals surface area contributed by atoms with E-state index in [1.54, 1.807) is 13.8 Å². The zero-order valence-electron chi connectivity index (χ0n) is 4.59. The first-order valence-electron chi connectivity index (χ1n) is 2.32. The maximum atomic E-state index is 9.70. The monoisotopic (exact) mass is 102 g/mol. The number of aldehydes is 1. The maximum Gasteiger partial charge on any atom is 0.148 e. The van der Waals surface area contributed by atoms with Crippen LogP contribution in [0.2, 0.25) is 0 Å². The molecule has 0 aliphatic rings. The van der Waals surface area contributed by atoms with Crippen molar-refractivity contribution in [1.29, 1.82) is 0 Å². The number of carbonyl (C=O) groups excluding carboxylic acids is 1. The number of hydrogen-bond donors (Lipinski definition) is 1. The average Bonchev–Trinajstić information content (AvgIpc) is 1.65. The second kappa shape index (κ2) is 2.75. The van der Waals surface area contributed by atoms with E-state index in [9.17, 15) is 4.79 Å². The molecule has 0 bridgehead atoms. The van der Waals surface area contributed by atoms with Crippen LogP contribution in [0.4, 0.5) is 0 Å². The lowest BCUT2D eigenvalue weighted by Crippen LogP contribution is -2.15. The van der Waals surface area contributed by atoms with E-state index in [1.807, 2.05) is 0 Å². The van der Waals surface area contributed by atoms with Crippen molar-refractivity contribution in [2.45, 2.75) is 20.0 Å². The Hall–Kier alpha value is -0.370. The maximum absolute atomic E-state index is 9.70. The van der Waals surface area contributed by atoms with E-state index in [2.05, 4.69) is 0 Å². The predicted octanol–water partition coefficient (Wildman–Crippen LogP) is 0.202. The van der Waals surface area contributed by atoms with Crippen molar-refractivity contribution in [2.24, 2.45) is 5.92 Å². The minimum Gasteiger partial charge on any atom is -0.385 e. The molecule has 7 heavy (non-hydrogen) atoms.